The predicted molar refractivity (Wildman–Crippen MR) is 72.7 cm³/mol. The summed E-state index contributed by atoms with van der Waals surface area (Å²) in [7, 11) is 1.65. The third-order valence-electron chi connectivity index (χ3n) is 2.82. The van der Waals surface area contributed by atoms with Gasteiger partial charge in [0.15, 0.2) is 0 Å². The van der Waals surface area contributed by atoms with Crippen LogP contribution in [0.5, 0.6) is 5.75 Å². The predicted octanol–water partition coefficient (Wildman–Crippen LogP) is 2.93. The van der Waals surface area contributed by atoms with E-state index in [0.717, 1.165) is 16.9 Å². The molecule has 3 heteroatoms. The van der Waals surface area contributed by atoms with Crippen LogP contribution in [0.1, 0.15) is 25.8 Å². The molecular weight excluding hydrogens is 228 g/mol. The fourth-order valence-corrected chi connectivity index (χ4v) is 1.54. The van der Waals surface area contributed by atoms with Gasteiger partial charge < -0.3 is 14.6 Å². The molecule has 1 N–H and O–H groups in total. The molecule has 0 spiro atoms. The van der Waals surface area contributed by atoms with Gasteiger partial charge in [0.25, 0.3) is 0 Å². The molecule has 0 unspecified atom stereocenters. The molecular formula is C15H22O3. The molecule has 1 aromatic rings. The van der Waals surface area contributed by atoms with Crippen molar-refractivity contribution in [2.24, 2.45) is 0 Å². The first kappa shape index (κ1) is 14.7. The maximum absolute atomic E-state index is 9.67. The van der Waals surface area contributed by atoms with Crippen LogP contribution in [0.25, 0.3) is 0 Å². The molecule has 0 heterocycles. The summed E-state index contributed by atoms with van der Waals surface area (Å²) in [6.45, 7) is 8.04. The van der Waals surface area contributed by atoms with Gasteiger partial charge >= 0.3 is 0 Å². The van der Waals surface area contributed by atoms with Gasteiger partial charge in [0.2, 0.25) is 0 Å². The standard InChI is InChI=1S/C15H22O3/c1-11(2)15(16)9-12(3)18-10-13-5-7-14(17-4)8-6-13/h5-8,12,15-16H,1,9-10H2,2-4H3/t12-,15-/m0/s1. The minimum Gasteiger partial charge on any atom is -0.497 e. The number of aliphatic hydroxyl groups is 1. The second-order valence-electron chi connectivity index (χ2n) is 4.57. The van der Waals surface area contributed by atoms with E-state index >= 15 is 0 Å². The zero-order valence-electron chi connectivity index (χ0n) is 11.3. The molecule has 0 aliphatic carbocycles. The van der Waals surface area contributed by atoms with E-state index < -0.39 is 6.10 Å². The van der Waals surface area contributed by atoms with Gasteiger partial charge in [-0.3, -0.25) is 0 Å². The van der Waals surface area contributed by atoms with E-state index in [9.17, 15) is 5.11 Å². The Morgan fingerprint density at radius 1 is 1.33 bits per heavy atom. The van der Waals surface area contributed by atoms with E-state index in [0.29, 0.717) is 13.0 Å². The van der Waals surface area contributed by atoms with Gasteiger partial charge in [-0.1, -0.05) is 24.3 Å². The van der Waals surface area contributed by atoms with Crippen LogP contribution in [0, 0.1) is 0 Å². The van der Waals surface area contributed by atoms with Crippen molar-refractivity contribution < 1.29 is 14.6 Å². The smallest absolute Gasteiger partial charge is 0.118 e. The molecule has 100 valence electrons. The highest BCUT2D eigenvalue weighted by Crippen LogP contribution is 2.14. The minimum atomic E-state index is -0.490. The molecule has 2 atom stereocenters. The Kier molecular flexibility index (Phi) is 5.89. The highest BCUT2D eigenvalue weighted by atomic mass is 16.5. The molecule has 0 fully saturated rings. The third-order valence-corrected chi connectivity index (χ3v) is 2.82. The van der Waals surface area contributed by atoms with Crippen LogP contribution in [-0.2, 0) is 11.3 Å². The van der Waals surface area contributed by atoms with Crippen molar-refractivity contribution in [3.05, 3.63) is 42.0 Å². The number of ether oxygens (including phenoxy) is 2. The van der Waals surface area contributed by atoms with E-state index in [4.69, 9.17) is 9.47 Å². The molecule has 0 aromatic heterocycles. The maximum atomic E-state index is 9.67. The van der Waals surface area contributed by atoms with Gasteiger partial charge in [0, 0.05) is 6.42 Å². The molecule has 0 saturated carbocycles. The van der Waals surface area contributed by atoms with Crippen molar-refractivity contribution in [1.29, 1.82) is 0 Å². The molecule has 1 rings (SSSR count). The average molecular weight is 250 g/mol. The Morgan fingerprint density at radius 3 is 2.44 bits per heavy atom. The summed E-state index contributed by atoms with van der Waals surface area (Å²) in [5.74, 6) is 0.838. The Hall–Kier alpha value is -1.32. The molecule has 1 aromatic carbocycles. The number of aliphatic hydroxyl groups excluding tert-OH is 1. The van der Waals surface area contributed by atoms with Gasteiger partial charge in [-0.15, -0.1) is 0 Å². The largest absolute Gasteiger partial charge is 0.497 e. The normalized spacial score (nSPS) is 14.0. The number of methoxy groups -OCH3 is 1. The molecule has 3 nitrogen and oxygen atoms in total. The summed E-state index contributed by atoms with van der Waals surface area (Å²) >= 11 is 0. The lowest BCUT2D eigenvalue weighted by Crippen LogP contribution is -2.18. The Balaban J connectivity index is 2.37. The van der Waals surface area contributed by atoms with Crippen LogP contribution < -0.4 is 4.74 Å². The molecule has 0 aliphatic heterocycles. The summed E-state index contributed by atoms with van der Waals surface area (Å²) in [5.41, 5.74) is 1.86. The van der Waals surface area contributed by atoms with E-state index in [-0.39, 0.29) is 6.10 Å². The SMILES string of the molecule is C=C(C)[C@@H](O)C[C@H](C)OCc1ccc(OC)cc1. The van der Waals surface area contributed by atoms with Gasteiger partial charge in [-0.25, -0.2) is 0 Å². The topological polar surface area (TPSA) is 38.7 Å². The number of hydrogen-bond acceptors (Lipinski definition) is 3. The summed E-state index contributed by atoms with van der Waals surface area (Å²) in [5, 5.41) is 9.67. The van der Waals surface area contributed by atoms with E-state index in [1.54, 1.807) is 7.11 Å². The molecule has 0 radical (unpaired) electrons. The monoisotopic (exact) mass is 250 g/mol. The average Bonchev–Trinajstić information content (AvgIpc) is 2.36. The van der Waals surface area contributed by atoms with E-state index in [1.165, 1.54) is 0 Å². The van der Waals surface area contributed by atoms with Crippen molar-refractivity contribution in [2.45, 2.75) is 39.1 Å². The van der Waals surface area contributed by atoms with Crippen LogP contribution in [0.4, 0.5) is 0 Å². The quantitative estimate of drug-likeness (QED) is 0.756. The summed E-state index contributed by atoms with van der Waals surface area (Å²) in [6, 6.07) is 7.76. The van der Waals surface area contributed by atoms with Crippen LogP contribution in [0.2, 0.25) is 0 Å². The molecule has 0 bridgehead atoms. The molecule has 0 amide bonds. The fraction of sp³-hybridized carbons (Fsp3) is 0.467. The fourth-order valence-electron chi connectivity index (χ4n) is 1.54. The van der Waals surface area contributed by atoms with Crippen molar-refractivity contribution in [3.63, 3.8) is 0 Å². The zero-order valence-corrected chi connectivity index (χ0v) is 11.3. The lowest BCUT2D eigenvalue weighted by molar-refractivity contribution is 0.0226. The van der Waals surface area contributed by atoms with Crippen molar-refractivity contribution in [3.8, 4) is 5.75 Å². The number of rotatable bonds is 7. The molecule has 18 heavy (non-hydrogen) atoms. The lowest BCUT2D eigenvalue weighted by Gasteiger charge is -2.17. The van der Waals surface area contributed by atoms with Crippen molar-refractivity contribution in [1.82, 2.24) is 0 Å². The van der Waals surface area contributed by atoms with E-state index in [2.05, 4.69) is 6.58 Å². The molecule has 0 aliphatic rings. The third kappa shape index (κ3) is 4.90. The van der Waals surface area contributed by atoms with Crippen molar-refractivity contribution >= 4 is 0 Å². The lowest BCUT2D eigenvalue weighted by atomic mass is 10.1. The number of hydrogen-bond donors (Lipinski definition) is 1. The van der Waals surface area contributed by atoms with Gasteiger partial charge in [-0.05, 0) is 31.5 Å². The highest BCUT2D eigenvalue weighted by Gasteiger charge is 2.11. The Labute approximate surface area is 109 Å². The Bertz CT molecular complexity index is 370. The first-order valence-corrected chi connectivity index (χ1v) is 6.11. The zero-order chi connectivity index (χ0) is 13.5. The van der Waals surface area contributed by atoms with Crippen LogP contribution >= 0.6 is 0 Å². The highest BCUT2D eigenvalue weighted by molar-refractivity contribution is 5.26. The van der Waals surface area contributed by atoms with E-state index in [1.807, 2.05) is 38.1 Å². The second kappa shape index (κ2) is 7.19. The Morgan fingerprint density at radius 2 is 1.94 bits per heavy atom. The van der Waals surface area contributed by atoms with Gasteiger partial charge in [0.1, 0.15) is 5.75 Å². The van der Waals surface area contributed by atoms with Crippen LogP contribution in [0.3, 0.4) is 0 Å². The van der Waals surface area contributed by atoms with Crippen LogP contribution in [0.15, 0.2) is 36.4 Å². The van der Waals surface area contributed by atoms with Gasteiger partial charge in [-0.2, -0.15) is 0 Å². The first-order chi connectivity index (χ1) is 8.52. The second-order valence-corrected chi connectivity index (χ2v) is 4.57. The summed E-state index contributed by atoms with van der Waals surface area (Å²) in [4.78, 5) is 0. The molecule has 0 saturated heterocycles. The van der Waals surface area contributed by atoms with Gasteiger partial charge in [0.05, 0.1) is 25.9 Å². The maximum Gasteiger partial charge on any atom is 0.118 e. The first-order valence-electron chi connectivity index (χ1n) is 6.11. The number of benzene rings is 1. The summed E-state index contributed by atoms with van der Waals surface area (Å²) in [6.07, 6.45) is 0.0838. The summed E-state index contributed by atoms with van der Waals surface area (Å²) < 4.78 is 10.8. The minimum absolute atomic E-state index is 0.00111. The van der Waals surface area contributed by atoms with Crippen LogP contribution in [-0.4, -0.2) is 24.4 Å². The van der Waals surface area contributed by atoms with Crippen molar-refractivity contribution in [2.75, 3.05) is 7.11 Å².